The monoisotopic (exact) mass is 205 g/mol. The molecule has 0 aliphatic carbocycles. The second-order valence-corrected chi connectivity index (χ2v) is 4.34. The minimum Gasteiger partial charge on any atom is -0.324 e. The van der Waals surface area contributed by atoms with Crippen LogP contribution in [0.2, 0.25) is 0 Å². The lowest BCUT2D eigenvalue weighted by Crippen LogP contribution is -2.04. The van der Waals surface area contributed by atoms with E-state index in [-0.39, 0.29) is 6.04 Å². The van der Waals surface area contributed by atoms with Crippen molar-refractivity contribution in [3.8, 4) is 0 Å². The van der Waals surface area contributed by atoms with Gasteiger partial charge >= 0.3 is 0 Å². The van der Waals surface area contributed by atoms with Gasteiger partial charge in [0.15, 0.2) is 0 Å². The predicted octanol–water partition coefficient (Wildman–Crippen LogP) is 3.83. The van der Waals surface area contributed by atoms with Gasteiger partial charge in [0.25, 0.3) is 0 Å². The Bertz CT molecular complexity index is 261. The van der Waals surface area contributed by atoms with Gasteiger partial charge in [-0.15, -0.1) is 0 Å². The molecule has 1 nitrogen and oxygen atoms in total. The molecule has 15 heavy (non-hydrogen) atoms. The molecular weight excluding hydrogens is 182 g/mol. The molecule has 1 heteroatoms. The largest absolute Gasteiger partial charge is 0.324 e. The quantitative estimate of drug-likeness (QED) is 0.702. The number of unbranched alkanes of at least 4 members (excludes halogenated alkanes) is 3. The highest BCUT2D eigenvalue weighted by Crippen LogP contribution is 2.13. The number of rotatable bonds is 6. The maximum atomic E-state index is 5.80. The van der Waals surface area contributed by atoms with Crippen LogP contribution in [0.1, 0.15) is 56.7 Å². The minimum atomic E-state index is 0.152. The fraction of sp³-hybridized carbons (Fsp3) is 0.571. The number of nitrogens with two attached hydrogens (primary N) is 1. The summed E-state index contributed by atoms with van der Waals surface area (Å²) in [6.07, 6.45) is 6.54. The number of hydrogen-bond donors (Lipinski definition) is 1. The third-order valence-corrected chi connectivity index (χ3v) is 2.82. The molecule has 0 fully saturated rings. The minimum absolute atomic E-state index is 0.152. The molecule has 1 aromatic carbocycles. The van der Waals surface area contributed by atoms with Gasteiger partial charge in [-0.2, -0.15) is 0 Å². The molecule has 1 atom stereocenters. The molecule has 0 aliphatic rings. The Hall–Kier alpha value is -0.820. The molecule has 0 radical (unpaired) electrons. The summed E-state index contributed by atoms with van der Waals surface area (Å²) in [5.41, 5.74) is 8.47. The fourth-order valence-electron chi connectivity index (χ4n) is 1.74. The first-order valence-corrected chi connectivity index (χ1v) is 6.08. The molecule has 0 bridgehead atoms. The summed E-state index contributed by atoms with van der Waals surface area (Å²) >= 11 is 0. The van der Waals surface area contributed by atoms with E-state index in [0.29, 0.717) is 0 Å². The first-order valence-electron chi connectivity index (χ1n) is 6.08. The molecule has 0 saturated carbocycles. The van der Waals surface area contributed by atoms with Crippen molar-refractivity contribution < 1.29 is 0 Å². The number of hydrogen-bond acceptors (Lipinski definition) is 1. The van der Waals surface area contributed by atoms with Crippen molar-refractivity contribution in [1.29, 1.82) is 0 Å². The van der Waals surface area contributed by atoms with Crippen LogP contribution in [-0.2, 0) is 6.42 Å². The second kappa shape index (κ2) is 6.62. The van der Waals surface area contributed by atoms with Crippen LogP contribution in [0.15, 0.2) is 24.3 Å². The first kappa shape index (κ1) is 12.3. The first-order chi connectivity index (χ1) is 7.24. The van der Waals surface area contributed by atoms with Gasteiger partial charge in [-0.05, 0) is 30.9 Å². The summed E-state index contributed by atoms with van der Waals surface area (Å²) in [6, 6.07) is 8.88. The summed E-state index contributed by atoms with van der Waals surface area (Å²) in [5.74, 6) is 0. The zero-order valence-corrected chi connectivity index (χ0v) is 10.00. The summed E-state index contributed by atoms with van der Waals surface area (Å²) in [5, 5.41) is 0. The lowest BCUT2D eigenvalue weighted by Gasteiger charge is -2.06. The zero-order valence-electron chi connectivity index (χ0n) is 10.00. The zero-order chi connectivity index (χ0) is 11.1. The van der Waals surface area contributed by atoms with Crippen LogP contribution in [0.3, 0.4) is 0 Å². The van der Waals surface area contributed by atoms with E-state index < -0.39 is 0 Å². The van der Waals surface area contributed by atoms with Gasteiger partial charge in [0.1, 0.15) is 0 Å². The predicted molar refractivity (Wildman–Crippen MR) is 66.9 cm³/mol. The van der Waals surface area contributed by atoms with E-state index in [1.165, 1.54) is 43.2 Å². The Balaban J connectivity index is 2.36. The van der Waals surface area contributed by atoms with Crippen molar-refractivity contribution >= 4 is 0 Å². The molecule has 0 heterocycles. The average molecular weight is 205 g/mol. The van der Waals surface area contributed by atoms with Gasteiger partial charge < -0.3 is 5.73 Å². The molecule has 0 spiro atoms. The summed E-state index contributed by atoms with van der Waals surface area (Å²) < 4.78 is 0. The van der Waals surface area contributed by atoms with Crippen LogP contribution in [0.4, 0.5) is 0 Å². The molecule has 0 saturated heterocycles. The van der Waals surface area contributed by atoms with E-state index in [9.17, 15) is 0 Å². The van der Waals surface area contributed by atoms with Crippen molar-refractivity contribution in [2.45, 2.75) is 52.0 Å². The highest BCUT2D eigenvalue weighted by Gasteiger charge is 1.98. The van der Waals surface area contributed by atoms with Crippen molar-refractivity contribution in [3.63, 3.8) is 0 Å². The van der Waals surface area contributed by atoms with Crippen molar-refractivity contribution in [3.05, 3.63) is 35.4 Å². The Labute approximate surface area is 93.7 Å². The topological polar surface area (TPSA) is 26.0 Å². The van der Waals surface area contributed by atoms with Crippen molar-refractivity contribution in [2.24, 2.45) is 5.73 Å². The van der Waals surface area contributed by atoms with Gasteiger partial charge in [0, 0.05) is 6.04 Å². The van der Waals surface area contributed by atoms with Crippen molar-refractivity contribution in [1.82, 2.24) is 0 Å². The number of benzene rings is 1. The van der Waals surface area contributed by atoms with Crippen LogP contribution >= 0.6 is 0 Å². The second-order valence-electron chi connectivity index (χ2n) is 4.34. The summed E-state index contributed by atoms with van der Waals surface area (Å²) in [4.78, 5) is 0. The summed E-state index contributed by atoms with van der Waals surface area (Å²) in [6.45, 7) is 4.27. The maximum Gasteiger partial charge on any atom is 0.0266 e. The van der Waals surface area contributed by atoms with Gasteiger partial charge in [-0.25, -0.2) is 0 Å². The van der Waals surface area contributed by atoms with E-state index in [4.69, 9.17) is 5.73 Å². The molecule has 0 amide bonds. The average Bonchev–Trinajstić information content (AvgIpc) is 2.25. The summed E-state index contributed by atoms with van der Waals surface area (Å²) in [7, 11) is 0. The van der Waals surface area contributed by atoms with Gasteiger partial charge in [0.2, 0.25) is 0 Å². The molecular formula is C14H23N. The Morgan fingerprint density at radius 1 is 1.07 bits per heavy atom. The van der Waals surface area contributed by atoms with E-state index in [0.717, 1.165) is 0 Å². The Kier molecular flexibility index (Phi) is 5.41. The van der Waals surface area contributed by atoms with Crippen LogP contribution in [-0.4, -0.2) is 0 Å². The Morgan fingerprint density at radius 2 is 1.73 bits per heavy atom. The highest BCUT2D eigenvalue weighted by atomic mass is 14.6. The third-order valence-electron chi connectivity index (χ3n) is 2.82. The van der Waals surface area contributed by atoms with E-state index >= 15 is 0 Å². The van der Waals surface area contributed by atoms with Crippen LogP contribution in [0.5, 0.6) is 0 Å². The van der Waals surface area contributed by atoms with E-state index in [1.807, 2.05) is 6.92 Å². The SMILES string of the molecule is CCCCCCc1ccc(C(C)N)cc1. The molecule has 0 aromatic heterocycles. The molecule has 1 rings (SSSR count). The van der Waals surface area contributed by atoms with Crippen LogP contribution in [0.25, 0.3) is 0 Å². The normalized spacial score (nSPS) is 12.7. The highest BCUT2D eigenvalue weighted by molar-refractivity contribution is 5.24. The maximum absolute atomic E-state index is 5.80. The van der Waals surface area contributed by atoms with E-state index in [1.54, 1.807) is 0 Å². The molecule has 2 N–H and O–H groups in total. The molecule has 84 valence electrons. The standard InChI is InChI=1S/C14H23N/c1-3-4-5-6-7-13-8-10-14(11-9-13)12(2)15/h8-12H,3-7,15H2,1-2H3. The van der Waals surface area contributed by atoms with Crippen LogP contribution < -0.4 is 5.73 Å². The van der Waals surface area contributed by atoms with E-state index in [2.05, 4.69) is 31.2 Å². The molecule has 0 aliphatic heterocycles. The van der Waals surface area contributed by atoms with Gasteiger partial charge in [-0.1, -0.05) is 50.5 Å². The Morgan fingerprint density at radius 3 is 2.27 bits per heavy atom. The van der Waals surface area contributed by atoms with Crippen LogP contribution in [0, 0.1) is 0 Å². The third kappa shape index (κ3) is 4.48. The fourth-order valence-corrected chi connectivity index (χ4v) is 1.74. The van der Waals surface area contributed by atoms with Crippen molar-refractivity contribution in [2.75, 3.05) is 0 Å². The van der Waals surface area contributed by atoms with Gasteiger partial charge in [0.05, 0.1) is 0 Å². The number of aryl methyl sites for hydroxylation is 1. The lowest BCUT2D eigenvalue weighted by molar-refractivity contribution is 0.666. The smallest absolute Gasteiger partial charge is 0.0266 e. The molecule has 1 aromatic rings. The lowest BCUT2D eigenvalue weighted by atomic mass is 10.0. The van der Waals surface area contributed by atoms with Gasteiger partial charge in [-0.3, -0.25) is 0 Å². The molecule has 1 unspecified atom stereocenters.